The van der Waals surface area contributed by atoms with Gasteiger partial charge in [0.2, 0.25) is 10.0 Å². The van der Waals surface area contributed by atoms with Gasteiger partial charge in [0.15, 0.2) is 6.10 Å². The Labute approximate surface area is 123 Å². The van der Waals surface area contributed by atoms with E-state index in [0.29, 0.717) is 29.0 Å². The Balaban J connectivity index is 2.25. The maximum atomic E-state index is 11.5. The molecule has 1 saturated heterocycles. The van der Waals surface area contributed by atoms with Crippen molar-refractivity contribution in [3.05, 3.63) is 22.8 Å². The maximum Gasteiger partial charge on any atom is 0.407 e. The first-order chi connectivity index (χ1) is 9.70. The average molecular weight is 314 g/mol. The van der Waals surface area contributed by atoms with Crippen LogP contribution in [-0.4, -0.2) is 33.8 Å². The summed E-state index contributed by atoms with van der Waals surface area (Å²) in [5.41, 5.74) is 1.93. The fourth-order valence-electron chi connectivity index (χ4n) is 2.24. The third-order valence-corrected chi connectivity index (χ3v) is 4.48. The van der Waals surface area contributed by atoms with Crippen molar-refractivity contribution in [2.24, 2.45) is 5.14 Å². The number of hydrogen-bond acceptors (Lipinski definition) is 5. The molecule has 1 heterocycles. The second kappa shape index (κ2) is 5.53. The maximum absolute atomic E-state index is 11.5. The molecular weight excluding hydrogens is 296 g/mol. The fourth-order valence-corrected chi connectivity index (χ4v) is 3.16. The Morgan fingerprint density at radius 1 is 1.38 bits per heavy atom. The van der Waals surface area contributed by atoms with Crippen LogP contribution in [-0.2, 0) is 14.8 Å². The molecule has 21 heavy (non-hydrogen) atoms. The van der Waals surface area contributed by atoms with Crippen molar-refractivity contribution in [3.8, 4) is 5.75 Å². The second-order valence-electron chi connectivity index (χ2n) is 5.03. The van der Waals surface area contributed by atoms with Crippen molar-refractivity contribution >= 4 is 16.1 Å². The molecule has 116 valence electrons. The lowest BCUT2D eigenvalue weighted by molar-refractivity contribution is 0.104. The van der Waals surface area contributed by atoms with Crippen molar-refractivity contribution in [2.75, 3.05) is 13.2 Å². The van der Waals surface area contributed by atoms with Crippen LogP contribution in [0.1, 0.15) is 16.7 Å². The van der Waals surface area contributed by atoms with E-state index in [4.69, 9.17) is 14.6 Å². The summed E-state index contributed by atoms with van der Waals surface area (Å²) in [6.07, 6.45) is -0.813. The first-order valence-electron chi connectivity index (χ1n) is 6.41. The van der Waals surface area contributed by atoms with Crippen LogP contribution in [0.4, 0.5) is 4.79 Å². The number of primary sulfonamides is 1. The Kier molecular flexibility index (Phi) is 4.11. The molecule has 1 aromatic carbocycles. The number of ether oxygens (including phenoxy) is 2. The van der Waals surface area contributed by atoms with Crippen LogP contribution >= 0.6 is 0 Å². The number of hydrogen-bond donors (Lipinski definition) is 2. The molecule has 3 N–H and O–H groups in total. The molecule has 8 heteroatoms. The predicted molar refractivity (Wildman–Crippen MR) is 75.8 cm³/mol. The van der Waals surface area contributed by atoms with Crippen molar-refractivity contribution in [1.29, 1.82) is 0 Å². The Morgan fingerprint density at radius 3 is 2.57 bits per heavy atom. The molecule has 0 radical (unpaired) electrons. The van der Waals surface area contributed by atoms with Crippen molar-refractivity contribution in [3.63, 3.8) is 0 Å². The summed E-state index contributed by atoms with van der Waals surface area (Å²) in [5.74, 6) is 0.586. The van der Waals surface area contributed by atoms with E-state index in [-0.39, 0.29) is 17.6 Å². The van der Waals surface area contributed by atoms with E-state index < -0.39 is 16.1 Å². The predicted octanol–water partition coefficient (Wildman–Crippen LogP) is 0.746. The van der Waals surface area contributed by atoms with E-state index in [1.54, 1.807) is 20.8 Å². The molecule has 7 nitrogen and oxygen atoms in total. The molecule has 0 spiro atoms. The number of rotatable bonds is 4. The van der Waals surface area contributed by atoms with Gasteiger partial charge in [-0.2, -0.15) is 0 Å². The Hall–Kier alpha value is -1.80. The molecule has 1 unspecified atom stereocenters. The molecule has 0 bridgehead atoms. The summed E-state index contributed by atoms with van der Waals surface area (Å²) in [4.78, 5) is 11.0. The van der Waals surface area contributed by atoms with Gasteiger partial charge >= 0.3 is 6.09 Å². The van der Waals surface area contributed by atoms with Gasteiger partial charge in [-0.1, -0.05) is 0 Å². The van der Waals surface area contributed by atoms with E-state index in [0.717, 1.165) is 0 Å². The highest BCUT2D eigenvalue weighted by atomic mass is 32.2. The van der Waals surface area contributed by atoms with Crippen LogP contribution in [0.2, 0.25) is 0 Å². The lowest BCUT2D eigenvalue weighted by Crippen LogP contribution is -2.23. The van der Waals surface area contributed by atoms with Crippen molar-refractivity contribution < 1.29 is 22.7 Å². The molecule has 0 saturated carbocycles. The van der Waals surface area contributed by atoms with Gasteiger partial charge < -0.3 is 14.8 Å². The quantitative estimate of drug-likeness (QED) is 0.852. The first-order valence-corrected chi connectivity index (χ1v) is 7.95. The highest BCUT2D eigenvalue weighted by Gasteiger charge is 2.24. The molecule has 1 aromatic rings. The molecule has 2 rings (SSSR count). The highest BCUT2D eigenvalue weighted by Crippen LogP contribution is 2.30. The van der Waals surface area contributed by atoms with Crippen LogP contribution in [0.25, 0.3) is 0 Å². The monoisotopic (exact) mass is 314 g/mol. The minimum absolute atomic E-state index is 0.0961. The highest BCUT2D eigenvalue weighted by molar-refractivity contribution is 7.89. The van der Waals surface area contributed by atoms with Gasteiger partial charge in [-0.15, -0.1) is 0 Å². The van der Waals surface area contributed by atoms with E-state index in [9.17, 15) is 13.2 Å². The average Bonchev–Trinajstić information content (AvgIpc) is 2.78. The van der Waals surface area contributed by atoms with Crippen molar-refractivity contribution in [2.45, 2.75) is 31.8 Å². The molecule has 1 aliphatic heterocycles. The standard InChI is InChI=1S/C13H18N2O5S/c1-7-4-11(21(14,17)18)8(2)9(3)12(7)19-6-10-5-15-13(16)20-10/h4,10H,5-6H2,1-3H3,(H,15,16)(H2,14,17,18). The molecule has 1 atom stereocenters. The van der Waals surface area contributed by atoms with E-state index in [1.165, 1.54) is 6.07 Å². The van der Waals surface area contributed by atoms with Crippen molar-refractivity contribution in [1.82, 2.24) is 5.32 Å². The largest absolute Gasteiger partial charge is 0.489 e. The molecule has 0 aromatic heterocycles. The number of aryl methyl sites for hydroxylation is 1. The van der Waals surface area contributed by atoms with Gasteiger partial charge in [0.1, 0.15) is 12.4 Å². The van der Waals surface area contributed by atoms with Crippen LogP contribution in [0.3, 0.4) is 0 Å². The lowest BCUT2D eigenvalue weighted by Gasteiger charge is -2.18. The van der Waals surface area contributed by atoms with E-state index in [1.807, 2.05) is 0 Å². The smallest absolute Gasteiger partial charge is 0.407 e. The number of nitrogens with one attached hydrogen (secondary N) is 1. The van der Waals surface area contributed by atoms with Crippen LogP contribution in [0.15, 0.2) is 11.0 Å². The number of sulfonamides is 1. The van der Waals surface area contributed by atoms with Gasteiger partial charge in [-0.25, -0.2) is 18.4 Å². The molecule has 1 fully saturated rings. The summed E-state index contributed by atoms with van der Waals surface area (Å²) >= 11 is 0. The second-order valence-corrected chi connectivity index (χ2v) is 6.56. The third-order valence-electron chi connectivity index (χ3n) is 3.45. The molecule has 1 aliphatic rings. The zero-order chi connectivity index (χ0) is 15.8. The molecular formula is C13H18N2O5S. The van der Waals surface area contributed by atoms with E-state index >= 15 is 0 Å². The van der Waals surface area contributed by atoms with Gasteiger partial charge in [0, 0.05) is 0 Å². The SMILES string of the molecule is Cc1cc(S(N)(=O)=O)c(C)c(C)c1OCC1CNC(=O)O1. The van der Waals surface area contributed by atoms with Crippen LogP contribution < -0.4 is 15.2 Å². The number of cyclic esters (lactones) is 1. The summed E-state index contributed by atoms with van der Waals surface area (Å²) in [5, 5.41) is 7.74. The Bertz CT molecular complexity index is 684. The Morgan fingerprint density at radius 2 is 2.05 bits per heavy atom. The van der Waals surface area contributed by atoms with Gasteiger partial charge in [-0.05, 0) is 43.5 Å². The van der Waals surface area contributed by atoms with E-state index in [2.05, 4.69) is 5.32 Å². The number of alkyl carbamates (subject to hydrolysis) is 1. The van der Waals surface area contributed by atoms with Gasteiger partial charge in [-0.3, -0.25) is 0 Å². The minimum Gasteiger partial charge on any atom is -0.489 e. The summed E-state index contributed by atoms with van der Waals surface area (Å²) in [7, 11) is -3.77. The number of amides is 1. The molecule has 0 aliphatic carbocycles. The normalized spacial score (nSPS) is 18.3. The topological polar surface area (TPSA) is 108 Å². The van der Waals surface area contributed by atoms with Crippen LogP contribution in [0.5, 0.6) is 5.75 Å². The summed E-state index contributed by atoms with van der Waals surface area (Å²) in [6, 6.07) is 1.49. The number of carbonyl (C=O) groups is 1. The summed E-state index contributed by atoms with van der Waals surface area (Å²) in [6.45, 7) is 5.79. The van der Waals surface area contributed by atoms with Crippen LogP contribution in [0, 0.1) is 20.8 Å². The minimum atomic E-state index is -3.77. The lowest BCUT2D eigenvalue weighted by atomic mass is 10.1. The van der Waals surface area contributed by atoms with Gasteiger partial charge in [0.25, 0.3) is 0 Å². The number of benzene rings is 1. The summed E-state index contributed by atoms with van der Waals surface area (Å²) < 4.78 is 33.8. The zero-order valence-electron chi connectivity index (χ0n) is 12.1. The van der Waals surface area contributed by atoms with Gasteiger partial charge in [0.05, 0.1) is 11.4 Å². The fraction of sp³-hybridized carbons (Fsp3) is 0.462. The zero-order valence-corrected chi connectivity index (χ0v) is 12.9. The number of carbonyl (C=O) groups excluding carboxylic acids is 1. The third kappa shape index (κ3) is 3.27. The first kappa shape index (κ1) is 15.6. The molecule has 1 amide bonds. The number of nitrogens with two attached hydrogens (primary N) is 1.